The number of nitrogens with one attached hydrogen (secondary N) is 3. The molecule has 3 N–H and O–H groups in total. The molecule has 0 bridgehead atoms. The Bertz CT molecular complexity index is 63.5. The zero-order valence-corrected chi connectivity index (χ0v) is 5.20. The Morgan fingerprint density at radius 1 is 1.38 bits per heavy atom. The molecule has 1 saturated heterocycles. The average molecular weight is 109 g/mol. The van der Waals surface area contributed by atoms with E-state index in [0.717, 1.165) is 21.4 Å². The molecule has 1 fully saturated rings. The van der Waals surface area contributed by atoms with E-state index in [1.807, 2.05) is 0 Å². The molecule has 0 radical (unpaired) electrons. The van der Waals surface area contributed by atoms with Crippen molar-refractivity contribution >= 4 is 22.1 Å². The molecule has 0 unspecified atom stereocenters. The van der Waals surface area contributed by atoms with Crippen molar-refractivity contribution in [2.24, 2.45) is 0 Å². The normalized spacial score (nSPS) is 19.4. The van der Waals surface area contributed by atoms with Crippen LogP contribution in [0, 0.1) is 0 Å². The first-order chi connectivity index (χ1) is 3.93. The van der Waals surface area contributed by atoms with Gasteiger partial charge in [0.1, 0.15) is 0 Å². The van der Waals surface area contributed by atoms with Crippen molar-refractivity contribution in [1.82, 2.24) is 15.4 Å². The molecular weight excluding hydrogens is 98.5 g/mol. The Kier molecular flexibility index (Phi) is 2.46. The maximum atomic E-state index is 3.25. The molecule has 3 nitrogen and oxygen atoms in total. The summed E-state index contributed by atoms with van der Waals surface area (Å²) >= 11 is 0. The van der Waals surface area contributed by atoms with Crippen molar-refractivity contribution in [2.45, 2.75) is 13.2 Å². The first-order valence-electron chi connectivity index (χ1n) is 3.11. The van der Waals surface area contributed by atoms with E-state index in [9.17, 15) is 0 Å². The van der Waals surface area contributed by atoms with Gasteiger partial charge in [0.15, 0.2) is 0 Å². The lowest BCUT2D eigenvalue weighted by atomic mass is 9.63. The topological polar surface area (TPSA) is 36.1 Å². The zero-order valence-electron chi connectivity index (χ0n) is 5.20. The van der Waals surface area contributed by atoms with Gasteiger partial charge in [0.25, 0.3) is 22.1 Å². The summed E-state index contributed by atoms with van der Waals surface area (Å²) in [5.41, 5.74) is 0. The van der Waals surface area contributed by atoms with Gasteiger partial charge in [-0.25, -0.2) is 0 Å². The van der Waals surface area contributed by atoms with E-state index in [1.165, 1.54) is 0 Å². The molecule has 0 atom stereocenters. The lowest BCUT2D eigenvalue weighted by molar-refractivity contribution is 1.18. The van der Waals surface area contributed by atoms with Crippen LogP contribution in [-0.2, 0) is 0 Å². The summed E-state index contributed by atoms with van der Waals surface area (Å²) in [5.74, 6) is 0. The van der Waals surface area contributed by atoms with E-state index in [-0.39, 0.29) is 0 Å². The lowest BCUT2D eigenvalue weighted by Gasteiger charge is -2.19. The number of hydrogen-bond donors (Lipinski definition) is 3. The molecule has 0 aromatic heterocycles. The molecule has 1 heterocycles. The molecule has 0 amide bonds. The fraction of sp³-hybridized carbons (Fsp3) is 1.00. The smallest absolute Gasteiger partial charge is 0.283 e. The van der Waals surface area contributed by atoms with Crippen molar-refractivity contribution in [1.29, 1.82) is 0 Å². The van der Waals surface area contributed by atoms with Gasteiger partial charge in [-0.2, -0.15) is 0 Å². The third-order valence-corrected chi connectivity index (χ3v) is 1.36. The van der Waals surface area contributed by atoms with Gasteiger partial charge in [0, 0.05) is 0 Å². The fourth-order valence-electron chi connectivity index (χ4n) is 0.814. The van der Waals surface area contributed by atoms with Gasteiger partial charge in [-0.3, -0.25) is 0 Å². The minimum Gasteiger partial charge on any atom is -0.378 e. The Labute approximate surface area is 51.7 Å². The predicted octanol–water partition coefficient (Wildman–Crippen LogP) is -2.19. The van der Waals surface area contributed by atoms with E-state index in [2.05, 4.69) is 22.3 Å². The van der Waals surface area contributed by atoms with E-state index in [0.29, 0.717) is 6.98 Å². The summed E-state index contributed by atoms with van der Waals surface area (Å²) in [7, 11) is 1.87. The van der Waals surface area contributed by atoms with E-state index < -0.39 is 0 Å². The van der Waals surface area contributed by atoms with Crippen molar-refractivity contribution in [3.05, 3.63) is 0 Å². The van der Waals surface area contributed by atoms with Crippen LogP contribution in [0.3, 0.4) is 0 Å². The van der Waals surface area contributed by atoms with Crippen LogP contribution in [0.2, 0.25) is 6.32 Å². The maximum absolute atomic E-state index is 3.25. The summed E-state index contributed by atoms with van der Waals surface area (Å²) < 4.78 is 0. The highest BCUT2D eigenvalue weighted by Gasteiger charge is 2.14. The molecule has 1 rings (SSSR count). The van der Waals surface area contributed by atoms with Crippen molar-refractivity contribution in [2.75, 3.05) is 0 Å². The Hall–Kier alpha value is 0.0748. The molecular formula is C2H10B3N3. The molecule has 0 aliphatic carbocycles. The van der Waals surface area contributed by atoms with Crippen molar-refractivity contribution in [3.8, 4) is 0 Å². The Morgan fingerprint density at radius 2 is 2.00 bits per heavy atom. The van der Waals surface area contributed by atoms with Gasteiger partial charge >= 0.3 is 0 Å². The van der Waals surface area contributed by atoms with Gasteiger partial charge in [-0.1, -0.05) is 6.92 Å². The predicted molar refractivity (Wildman–Crippen MR) is 39.9 cm³/mol. The standard InChI is InChI=1S/C2H10B3N3/c1-2-5-7-3-6-4-8-5/h3-4,6-8H,2H2,1H3. The SMILES string of the molecule is CCB1NBNBN1. The van der Waals surface area contributed by atoms with Crippen LogP contribution in [0.1, 0.15) is 6.92 Å². The third kappa shape index (κ3) is 1.54. The van der Waals surface area contributed by atoms with Gasteiger partial charge in [0.05, 0.1) is 0 Å². The van der Waals surface area contributed by atoms with Crippen LogP contribution >= 0.6 is 0 Å². The fourth-order valence-corrected chi connectivity index (χ4v) is 0.814. The van der Waals surface area contributed by atoms with Crippen molar-refractivity contribution in [3.63, 3.8) is 0 Å². The van der Waals surface area contributed by atoms with Gasteiger partial charge in [-0.05, 0) is 6.32 Å². The van der Waals surface area contributed by atoms with Gasteiger partial charge in [-0.15, -0.1) is 0 Å². The van der Waals surface area contributed by atoms with E-state index >= 15 is 0 Å². The highest BCUT2D eigenvalue weighted by atomic mass is 15.0. The lowest BCUT2D eigenvalue weighted by Crippen LogP contribution is -2.63. The summed E-state index contributed by atoms with van der Waals surface area (Å²) in [4.78, 5) is 0. The highest BCUT2D eigenvalue weighted by molar-refractivity contribution is 6.75. The average Bonchev–Trinajstić information content (AvgIpc) is 1.90. The minimum atomic E-state index is 0.524. The summed E-state index contributed by atoms with van der Waals surface area (Å²) in [5, 5.41) is 9.62. The molecule has 0 spiro atoms. The molecule has 8 heavy (non-hydrogen) atoms. The van der Waals surface area contributed by atoms with Crippen LogP contribution < -0.4 is 15.4 Å². The first kappa shape index (κ1) is 6.20. The van der Waals surface area contributed by atoms with Gasteiger partial charge < -0.3 is 15.4 Å². The highest BCUT2D eigenvalue weighted by Crippen LogP contribution is 1.79. The molecule has 0 aromatic carbocycles. The number of rotatable bonds is 1. The second-order valence-electron chi connectivity index (χ2n) is 1.97. The number of hydrogen-bond acceptors (Lipinski definition) is 3. The molecule has 0 aromatic rings. The minimum absolute atomic E-state index is 0.524. The third-order valence-electron chi connectivity index (χ3n) is 1.36. The van der Waals surface area contributed by atoms with Crippen LogP contribution in [0.25, 0.3) is 0 Å². The largest absolute Gasteiger partial charge is 0.378 e. The zero-order chi connectivity index (χ0) is 5.82. The second-order valence-corrected chi connectivity index (χ2v) is 1.97. The van der Waals surface area contributed by atoms with Crippen LogP contribution in [0.15, 0.2) is 0 Å². The van der Waals surface area contributed by atoms with Crippen LogP contribution in [0.4, 0.5) is 0 Å². The quantitative estimate of drug-likeness (QED) is 0.334. The summed E-state index contributed by atoms with van der Waals surface area (Å²) in [6, 6.07) is 0. The Morgan fingerprint density at radius 3 is 2.38 bits per heavy atom. The van der Waals surface area contributed by atoms with Crippen LogP contribution in [-0.4, -0.2) is 22.1 Å². The second kappa shape index (κ2) is 3.17. The van der Waals surface area contributed by atoms with Crippen LogP contribution in [0.5, 0.6) is 0 Å². The van der Waals surface area contributed by atoms with Gasteiger partial charge in [0.2, 0.25) is 0 Å². The molecule has 42 valence electrons. The van der Waals surface area contributed by atoms with E-state index in [1.54, 1.807) is 0 Å². The molecule has 6 heteroatoms. The monoisotopic (exact) mass is 109 g/mol. The van der Waals surface area contributed by atoms with Crippen molar-refractivity contribution < 1.29 is 0 Å². The Balaban J connectivity index is 2.13. The first-order valence-corrected chi connectivity index (χ1v) is 3.11. The maximum Gasteiger partial charge on any atom is 0.283 e. The molecule has 1 aliphatic heterocycles. The summed E-state index contributed by atoms with van der Waals surface area (Å²) in [6.07, 6.45) is 1.15. The summed E-state index contributed by atoms with van der Waals surface area (Å²) in [6.45, 7) is 2.69. The molecule has 1 aliphatic rings. The van der Waals surface area contributed by atoms with E-state index in [4.69, 9.17) is 0 Å². The molecule has 0 saturated carbocycles.